The number of nitrogens with zero attached hydrogens (tertiary/aromatic N) is 3. The summed E-state index contributed by atoms with van der Waals surface area (Å²) >= 11 is 6.26. The molecule has 0 spiro atoms. The molecule has 0 bridgehead atoms. The number of anilines is 1. The average molecular weight is 371 g/mol. The lowest BCUT2D eigenvalue weighted by atomic mass is 10.1. The number of methoxy groups -OCH3 is 1. The molecule has 1 fully saturated rings. The van der Waals surface area contributed by atoms with Crippen molar-refractivity contribution in [2.75, 3.05) is 12.4 Å². The van der Waals surface area contributed by atoms with E-state index in [0.717, 1.165) is 35.3 Å². The molecule has 0 atom stereocenters. The molecule has 0 aliphatic heterocycles. The molecule has 0 saturated heterocycles. The van der Waals surface area contributed by atoms with Crippen LogP contribution in [0.1, 0.15) is 40.5 Å². The van der Waals surface area contributed by atoms with Crippen molar-refractivity contribution in [3.05, 3.63) is 46.2 Å². The first-order valence-corrected chi connectivity index (χ1v) is 8.85. The molecule has 1 aliphatic rings. The van der Waals surface area contributed by atoms with E-state index in [0.29, 0.717) is 27.9 Å². The number of rotatable bonds is 4. The van der Waals surface area contributed by atoms with E-state index in [1.807, 2.05) is 20.0 Å². The zero-order valence-corrected chi connectivity index (χ0v) is 15.6. The van der Waals surface area contributed by atoms with Gasteiger partial charge in [0.25, 0.3) is 5.91 Å². The number of aryl methyl sites for hydroxylation is 2. The van der Waals surface area contributed by atoms with Gasteiger partial charge in [0.2, 0.25) is 0 Å². The van der Waals surface area contributed by atoms with Crippen molar-refractivity contribution >= 4 is 34.2 Å². The fourth-order valence-corrected chi connectivity index (χ4v) is 3.36. The zero-order chi connectivity index (χ0) is 18.4. The van der Waals surface area contributed by atoms with E-state index in [4.69, 9.17) is 21.3 Å². The summed E-state index contributed by atoms with van der Waals surface area (Å²) in [6.45, 7) is 1.89. The maximum atomic E-state index is 13.0. The first-order chi connectivity index (χ1) is 12.5. The molecule has 1 amide bonds. The Labute approximate surface area is 156 Å². The highest BCUT2D eigenvalue weighted by atomic mass is 35.5. The minimum atomic E-state index is -0.220. The van der Waals surface area contributed by atoms with Crippen LogP contribution in [0, 0.1) is 6.92 Å². The summed E-state index contributed by atoms with van der Waals surface area (Å²) in [6.07, 6.45) is 2.22. The van der Waals surface area contributed by atoms with E-state index in [1.165, 1.54) is 0 Å². The van der Waals surface area contributed by atoms with Crippen LogP contribution in [0.25, 0.3) is 11.0 Å². The molecule has 2 heterocycles. The summed E-state index contributed by atoms with van der Waals surface area (Å²) in [4.78, 5) is 17.8. The summed E-state index contributed by atoms with van der Waals surface area (Å²) in [5, 5.41) is 8.54. The van der Waals surface area contributed by atoms with Gasteiger partial charge in [-0.15, -0.1) is 0 Å². The highest BCUT2D eigenvalue weighted by Crippen LogP contribution is 2.40. The Morgan fingerprint density at radius 2 is 2.12 bits per heavy atom. The maximum absolute atomic E-state index is 13.0. The summed E-state index contributed by atoms with van der Waals surface area (Å²) in [7, 11) is 3.42. The highest BCUT2D eigenvalue weighted by Gasteiger charge is 2.28. The van der Waals surface area contributed by atoms with Crippen LogP contribution in [0.3, 0.4) is 0 Å². The van der Waals surface area contributed by atoms with Gasteiger partial charge >= 0.3 is 0 Å². The molecule has 134 valence electrons. The quantitative estimate of drug-likeness (QED) is 0.751. The first-order valence-electron chi connectivity index (χ1n) is 8.47. The second-order valence-electron chi connectivity index (χ2n) is 6.58. The molecule has 0 unspecified atom stereocenters. The van der Waals surface area contributed by atoms with Crippen molar-refractivity contribution in [3.8, 4) is 5.75 Å². The number of hydrogen-bond acceptors (Lipinski definition) is 4. The maximum Gasteiger partial charge on any atom is 0.256 e. The highest BCUT2D eigenvalue weighted by molar-refractivity contribution is 6.34. The molecule has 1 saturated carbocycles. The van der Waals surface area contributed by atoms with Gasteiger partial charge in [-0.1, -0.05) is 11.6 Å². The molecule has 6 nitrogen and oxygen atoms in total. The Morgan fingerprint density at radius 1 is 1.35 bits per heavy atom. The van der Waals surface area contributed by atoms with Crippen LogP contribution in [0.15, 0.2) is 24.3 Å². The molecule has 0 radical (unpaired) electrons. The largest absolute Gasteiger partial charge is 0.497 e. The van der Waals surface area contributed by atoms with Crippen LogP contribution >= 0.6 is 11.6 Å². The third-order valence-electron chi connectivity index (χ3n) is 4.65. The minimum absolute atomic E-state index is 0.220. The van der Waals surface area contributed by atoms with E-state index in [-0.39, 0.29) is 5.91 Å². The summed E-state index contributed by atoms with van der Waals surface area (Å²) in [5.41, 5.74) is 3.58. The predicted molar refractivity (Wildman–Crippen MR) is 101 cm³/mol. The molecule has 3 aromatic rings. The van der Waals surface area contributed by atoms with Crippen molar-refractivity contribution in [1.82, 2.24) is 14.8 Å². The number of ether oxygens (including phenoxy) is 1. The topological polar surface area (TPSA) is 69.0 Å². The monoisotopic (exact) mass is 370 g/mol. The number of pyridine rings is 1. The number of halogens is 1. The number of carbonyl (C=O) groups is 1. The van der Waals surface area contributed by atoms with Crippen molar-refractivity contribution in [1.29, 1.82) is 0 Å². The number of benzene rings is 1. The van der Waals surface area contributed by atoms with Crippen LogP contribution in [-0.2, 0) is 7.05 Å². The smallest absolute Gasteiger partial charge is 0.256 e. The van der Waals surface area contributed by atoms with Gasteiger partial charge in [-0.3, -0.25) is 9.48 Å². The van der Waals surface area contributed by atoms with Gasteiger partial charge in [0.1, 0.15) is 5.75 Å². The molecular formula is C19H19ClN4O2. The molecule has 7 heteroatoms. The fraction of sp³-hybridized carbons (Fsp3) is 0.316. The Kier molecular flexibility index (Phi) is 4.07. The predicted octanol–water partition coefficient (Wildman–Crippen LogP) is 4.07. The average Bonchev–Trinajstić information content (AvgIpc) is 3.43. The standard InChI is InChI=1S/C19H19ClN4O2/c1-10-17-13(9-16(11-4-5-11)21-18(17)24(2)23-10)19(25)22-15-7-6-12(26-3)8-14(15)20/h6-9,11H,4-5H2,1-3H3,(H,22,25). The van der Waals surface area contributed by atoms with Crippen molar-refractivity contribution in [2.45, 2.75) is 25.7 Å². The van der Waals surface area contributed by atoms with Crippen LogP contribution < -0.4 is 10.1 Å². The van der Waals surface area contributed by atoms with Crippen LogP contribution in [0.4, 0.5) is 5.69 Å². The van der Waals surface area contributed by atoms with Gasteiger partial charge in [0.05, 0.1) is 34.5 Å². The van der Waals surface area contributed by atoms with Crippen LogP contribution in [0.2, 0.25) is 5.02 Å². The van der Waals surface area contributed by atoms with E-state index in [9.17, 15) is 4.79 Å². The van der Waals surface area contributed by atoms with E-state index >= 15 is 0 Å². The van der Waals surface area contributed by atoms with Crippen molar-refractivity contribution in [2.24, 2.45) is 7.05 Å². The van der Waals surface area contributed by atoms with Gasteiger partial charge in [-0.2, -0.15) is 5.10 Å². The van der Waals surface area contributed by atoms with Crippen molar-refractivity contribution in [3.63, 3.8) is 0 Å². The van der Waals surface area contributed by atoms with Crippen LogP contribution in [0.5, 0.6) is 5.75 Å². The van der Waals surface area contributed by atoms with Gasteiger partial charge in [0.15, 0.2) is 5.65 Å². The summed E-state index contributed by atoms with van der Waals surface area (Å²) < 4.78 is 6.88. The zero-order valence-electron chi connectivity index (χ0n) is 14.8. The Morgan fingerprint density at radius 3 is 2.77 bits per heavy atom. The molecule has 26 heavy (non-hydrogen) atoms. The molecule has 1 N–H and O–H groups in total. The molecular weight excluding hydrogens is 352 g/mol. The first kappa shape index (κ1) is 16.8. The minimum Gasteiger partial charge on any atom is -0.497 e. The van der Waals surface area contributed by atoms with Crippen molar-refractivity contribution < 1.29 is 9.53 Å². The van der Waals surface area contributed by atoms with E-state index in [1.54, 1.807) is 30.0 Å². The van der Waals surface area contributed by atoms with Gasteiger partial charge in [-0.05, 0) is 38.0 Å². The number of hydrogen-bond donors (Lipinski definition) is 1. The molecule has 1 aromatic carbocycles. The summed E-state index contributed by atoms with van der Waals surface area (Å²) in [6, 6.07) is 7.05. The lowest BCUT2D eigenvalue weighted by molar-refractivity contribution is 0.102. The normalized spacial score (nSPS) is 13.8. The Bertz CT molecular complexity index is 1020. The third-order valence-corrected chi connectivity index (χ3v) is 4.97. The van der Waals surface area contributed by atoms with E-state index in [2.05, 4.69) is 10.4 Å². The number of aromatic nitrogens is 3. The second-order valence-corrected chi connectivity index (χ2v) is 6.98. The fourth-order valence-electron chi connectivity index (χ4n) is 3.15. The number of carbonyl (C=O) groups excluding carboxylic acids is 1. The number of amides is 1. The Hall–Kier alpha value is -2.60. The third kappa shape index (κ3) is 2.90. The SMILES string of the molecule is COc1ccc(NC(=O)c2cc(C3CC3)nc3c2c(C)nn3C)c(Cl)c1. The van der Waals surface area contributed by atoms with E-state index < -0.39 is 0 Å². The lowest BCUT2D eigenvalue weighted by Gasteiger charge is -2.11. The van der Waals surface area contributed by atoms with Gasteiger partial charge in [0, 0.05) is 24.7 Å². The number of nitrogens with one attached hydrogen (secondary N) is 1. The van der Waals surface area contributed by atoms with Gasteiger partial charge < -0.3 is 10.1 Å². The number of fused-ring (bicyclic) bond motifs is 1. The second kappa shape index (κ2) is 6.29. The van der Waals surface area contributed by atoms with Crippen LogP contribution in [-0.4, -0.2) is 27.8 Å². The Balaban J connectivity index is 1.76. The molecule has 2 aromatic heterocycles. The lowest BCUT2D eigenvalue weighted by Crippen LogP contribution is -2.14. The van der Waals surface area contributed by atoms with Gasteiger partial charge in [-0.25, -0.2) is 4.98 Å². The molecule has 1 aliphatic carbocycles. The molecule has 4 rings (SSSR count). The summed E-state index contributed by atoms with van der Waals surface area (Å²) in [5.74, 6) is 0.853.